The molecule has 5 nitrogen and oxygen atoms in total. The van der Waals surface area contributed by atoms with Gasteiger partial charge in [-0.3, -0.25) is 9.48 Å². The first-order valence-corrected chi connectivity index (χ1v) is 5.84. The van der Waals surface area contributed by atoms with Crippen LogP contribution in [0.2, 0.25) is 0 Å². The average molecular weight is 271 g/mol. The normalized spacial score (nSPS) is 14.7. The molecule has 0 aromatic carbocycles. The second-order valence-corrected chi connectivity index (χ2v) is 4.29. The number of aryl methyl sites for hydroxylation is 2. The smallest absolute Gasteiger partial charge is 0.272 e. The Hall–Kier alpha value is -1.33. The first-order chi connectivity index (χ1) is 8.16. The van der Waals surface area contributed by atoms with Gasteiger partial charge in [0.1, 0.15) is 5.69 Å². The summed E-state index contributed by atoms with van der Waals surface area (Å²) in [5.41, 5.74) is 2.75. The van der Waals surface area contributed by atoms with Gasteiger partial charge >= 0.3 is 0 Å². The van der Waals surface area contributed by atoms with Crippen LogP contribution in [0.1, 0.15) is 22.6 Å². The number of carbonyl (C=O) groups excluding carboxylic acids is 1. The molecule has 0 fully saturated rings. The molecule has 0 radical (unpaired) electrons. The van der Waals surface area contributed by atoms with Crippen LogP contribution in [0.25, 0.3) is 0 Å². The highest BCUT2D eigenvalue weighted by Gasteiger charge is 2.11. The maximum absolute atomic E-state index is 11.8. The Bertz CT molecular complexity index is 433. The molecule has 2 rings (SSSR count). The van der Waals surface area contributed by atoms with Gasteiger partial charge in [0.05, 0.1) is 0 Å². The summed E-state index contributed by atoms with van der Waals surface area (Å²) in [6, 6.07) is 1.80. The largest absolute Gasteiger partial charge is 0.347 e. The van der Waals surface area contributed by atoms with E-state index in [1.165, 1.54) is 5.57 Å². The Morgan fingerprint density at radius 3 is 2.94 bits per heavy atom. The van der Waals surface area contributed by atoms with Crippen LogP contribution < -0.4 is 10.6 Å². The molecule has 0 unspecified atom stereocenters. The second kappa shape index (κ2) is 6.56. The van der Waals surface area contributed by atoms with E-state index in [2.05, 4.69) is 21.8 Å². The fraction of sp³-hybridized carbons (Fsp3) is 0.500. The lowest BCUT2D eigenvalue weighted by Crippen LogP contribution is -2.29. The molecule has 100 valence electrons. The highest BCUT2D eigenvalue weighted by molar-refractivity contribution is 5.92. The molecule has 2 heterocycles. The van der Waals surface area contributed by atoms with Crippen LogP contribution in [0.5, 0.6) is 0 Å². The third-order valence-electron chi connectivity index (χ3n) is 2.98. The summed E-state index contributed by atoms with van der Waals surface area (Å²) in [4.78, 5) is 11.8. The van der Waals surface area contributed by atoms with Crippen molar-refractivity contribution >= 4 is 18.3 Å². The van der Waals surface area contributed by atoms with E-state index in [0.29, 0.717) is 12.2 Å². The summed E-state index contributed by atoms with van der Waals surface area (Å²) in [6.45, 7) is 4.44. The van der Waals surface area contributed by atoms with Gasteiger partial charge in [-0.15, -0.1) is 12.4 Å². The topological polar surface area (TPSA) is 59.0 Å². The molecule has 18 heavy (non-hydrogen) atoms. The lowest BCUT2D eigenvalue weighted by atomic mass is 10.1. The standard InChI is InChI=1S/C12H18N4O.ClH/c1-9-7-11(15-16(9)2)12(17)14-8-10-3-5-13-6-4-10;/h3,7,13H,4-6,8H2,1-2H3,(H,14,17);1H. The van der Waals surface area contributed by atoms with Crippen LogP contribution in [0, 0.1) is 6.92 Å². The molecular formula is C12H19ClN4O. The number of hydrogen-bond acceptors (Lipinski definition) is 3. The van der Waals surface area contributed by atoms with Crippen molar-refractivity contribution in [1.29, 1.82) is 0 Å². The SMILES string of the molecule is Cc1cc(C(=O)NCC2=CCNCC2)nn1C.Cl. The second-order valence-electron chi connectivity index (χ2n) is 4.29. The van der Waals surface area contributed by atoms with Gasteiger partial charge in [0.15, 0.2) is 0 Å². The predicted octanol–water partition coefficient (Wildman–Crippen LogP) is 0.800. The summed E-state index contributed by atoms with van der Waals surface area (Å²) >= 11 is 0. The van der Waals surface area contributed by atoms with Crippen LogP contribution >= 0.6 is 12.4 Å². The van der Waals surface area contributed by atoms with E-state index >= 15 is 0 Å². The van der Waals surface area contributed by atoms with Crippen LogP contribution in [0.15, 0.2) is 17.7 Å². The summed E-state index contributed by atoms with van der Waals surface area (Å²) in [5.74, 6) is -0.104. The van der Waals surface area contributed by atoms with Crippen LogP contribution in [-0.4, -0.2) is 35.3 Å². The van der Waals surface area contributed by atoms with Crippen LogP contribution in [0.3, 0.4) is 0 Å². The van der Waals surface area contributed by atoms with Gasteiger partial charge in [0.2, 0.25) is 0 Å². The van der Waals surface area contributed by atoms with E-state index in [0.717, 1.165) is 25.2 Å². The Morgan fingerprint density at radius 2 is 2.39 bits per heavy atom. The summed E-state index contributed by atoms with van der Waals surface area (Å²) < 4.78 is 1.71. The molecule has 1 aromatic heterocycles. The highest BCUT2D eigenvalue weighted by atomic mass is 35.5. The molecule has 0 saturated heterocycles. The molecule has 1 aliphatic rings. The number of nitrogens with one attached hydrogen (secondary N) is 2. The van der Waals surface area contributed by atoms with Crippen molar-refractivity contribution in [3.63, 3.8) is 0 Å². The predicted molar refractivity (Wildman–Crippen MR) is 73.1 cm³/mol. The number of hydrogen-bond donors (Lipinski definition) is 2. The molecule has 2 N–H and O–H groups in total. The van der Waals surface area contributed by atoms with Gasteiger partial charge in [-0.05, 0) is 26.0 Å². The first kappa shape index (κ1) is 14.7. The van der Waals surface area contributed by atoms with Gasteiger partial charge < -0.3 is 10.6 Å². The molecule has 1 amide bonds. The highest BCUT2D eigenvalue weighted by Crippen LogP contribution is 2.04. The maximum atomic E-state index is 11.8. The minimum atomic E-state index is -0.104. The van der Waals surface area contributed by atoms with Gasteiger partial charge in [-0.25, -0.2) is 0 Å². The molecule has 0 spiro atoms. The molecule has 6 heteroatoms. The van der Waals surface area contributed by atoms with E-state index < -0.39 is 0 Å². The molecule has 1 aliphatic heterocycles. The van der Waals surface area contributed by atoms with E-state index in [9.17, 15) is 4.79 Å². The summed E-state index contributed by atoms with van der Waals surface area (Å²) in [5, 5.41) is 10.3. The molecule has 0 aliphatic carbocycles. The molecule has 0 saturated carbocycles. The summed E-state index contributed by atoms with van der Waals surface area (Å²) in [6.07, 6.45) is 3.13. The molecule has 0 atom stereocenters. The number of rotatable bonds is 3. The van der Waals surface area contributed by atoms with Gasteiger partial charge in [0.25, 0.3) is 5.91 Å². The quantitative estimate of drug-likeness (QED) is 0.799. The minimum Gasteiger partial charge on any atom is -0.347 e. The Labute approximate surface area is 113 Å². The fourth-order valence-electron chi connectivity index (χ4n) is 1.79. The zero-order chi connectivity index (χ0) is 12.3. The van der Waals surface area contributed by atoms with Crippen molar-refractivity contribution in [2.75, 3.05) is 19.6 Å². The third kappa shape index (κ3) is 3.58. The Kier molecular flexibility index (Phi) is 5.37. The lowest BCUT2D eigenvalue weighted by Gasteiger charge is -2.14. The maximum Gasteiger partial charge on any atom is 0.272 e. The van der Waals surface area contributed by atoms with E-state index in [4.69, 9.17) is 0 Å². The number of amides is 1. The zero-order valence-electron chi connectivity index (χ0n) is 10.7. The van der Waals surface area contributed by atoms with Gasteiger partial charge in [-0.1, -0.05) is 11.6 Å². The summed E-state index contributed by atoms with van der Waals surface area (Å²) in [7, 11) is 1.83. The average Bonchev–Trinajstić information content (AvgIpc) is 2.68. The number of aromatic nitrogens is 2. The number of nitrogens with zero attached hydrogens (tertiary/aromatic N) is 2. The molecular weight excluding hydrogens is 252 g/mol. The van der Waals surface area contributed by atoms with E-state index in [1.54, 1.807) is 10.7 Å². The van der Waals surface area contributed by atoms with Crippen molar-refractivity contribution in [3.05, 3.63) is 29.1 Å². The Morgan fingerprint density at radius 1 is 1.61 bits per heavy atom. The van der Waals surface area contributed by atoms with Crippen molar-refractivity contribution in [3.8, 4) is 0 Å². The first-order valence-electron chi connectivity index (χ1n) is 5.84. The zero-order valence-corrected chi connectivity index (χ0v) is 11.5. The number of halogens is 1. The molecule has 0 bridgehead atoms. The van der Waals surface area contributed by atoms with Crippen molar-refractivity contribution in [2.45, 2.75) is 13.3 Å². The van der Waals surface area contributed by atoms with Crippen molar-refractivity contribution in [2.24, 2.45) is 7.05 Å². The van der Waals surface area contributed by atoms with Gasteiger partial charge in [-0.2, -0.15) is 5.10 Å². The third-order valence-corrected chi connectivity index (χ3v) is 2.98. The fourth-order valence-corrected chi connectivity index (χ4v) is 1.79. The van der Waals surface area contributed by atoms with Crippen LogP contribution in [-0.2, 0) is 7.05 Å². The molecule has 1 aromatic rings. The van der Waals surface area contributed by atoms with E-state index in [-0.39, 0.29) is 18.3 Å². The Balaban J connectivity index is 0.00000162. The van der Waals surface area contributed by atoms with Crippen molar-refractivity contribution in [1.82, 2.24) is 20.4 Å². The minimum absolute atomic E-state index is 0. The number of carbonyl (C=O) groups is 1. The lowest BCUT2D eigenvalue weighted by molar-refractivity contribution is 0.0951. The van der Waals surface area contributed by atoms with Crippen LogP contribution in [0.4, 0.5) is 0 Å². The van der Waals surface area contributed by atoms with Gasteiger partial charge in [0, 0.05) is 25.8 Å². The van der Waals surface area contributed by atoms with E-state index in [1.807, 2.05) is 14.0 Å². The monoisotopic (exact) mass is 270 g/mol. The van der Waals surface area contributed by atoms with Crippen molar-refractivity contribution < 1.29 is 4.79 Å².